The van der Waals surface area contributed by atoms with E-state index < -0.39 is 0 Å². The lowest BCUT2D eigenvalue weighted by Gasteiger charge is -2.35. The minimum Gasteiger partial charge on any atom is -0.365 e. The third kappa shape index (κ3) is 2.30. The van der Waals surface area contributed by atoms with Gasteiger partial charge in [-0.25, -0.2) is 9.97 Å². The molecule has 1 atom stereocenters. The Balaban J connectivity index is 1.80. The molecule has 1 aliphatic heterocycles. The molecular weight excluding hydrogens is 384 g/mol. The molecule has 22 heavy (non-hydrogen) atoms. The molecule has 0 saturated carbocycles. The van der Waals surface area contributed by atoms with E-state index in [0.29, 0.717) is 11.8 Å². The number of fused-ring (bicyclic) bond motifs is 3. The van der Waals surface area contributed by atoms with Crippen LogP contribution < -0.4 is 0 Å². The highest BCUT2D eigenvalue weighted by Gasteiger charge is 2.44. The van der Waals surface area contributed by atoms with E-state index in [-0.39, 0.29) is 5.60 Å². The average molecular weight is 398 g/mol. The number of benzene rings is 1. The highest BCUT2D eigenvalue weighted by atomic mass is 79.9. The predicted molar refractivity (Wildman–Crippen MR) is 91.5 cm³/mol. The molecule has 0 radical (unpaired) electrons. The number of aryl methyl sites for hydroxylation is 1. The topological polar surface area (TPSA) is 35.0 Å². The fourth-order valence-electron chi connectivity index (χ4n) is 3.39. The largest absolute Gasteiger partial charge is 0.365 e. The number of nitrogens with zero attached hydrogens (tertiary/aromatic N) is 2. The molecule has 0 fully saturated rings. The van der Waals surface area contributed by atoms with E-state index in [2.05, 4.69) is 44.1 Å². The Morgan fingerprint density at radius 2 is 2.23 bits per heavy atom. The molecule has 0 saturated heterocycles. The first-order chi connectivity index (χ1) is 10.6. The van der Waals surface area contributed by atoms with Gasteiger partial charge in [-0.15, -0.1) is 0 Å². The fraction of sp³-hybridized carbons (Fsp3) is 0.375. The van der Waals surface area contributed by atoms with Crippen molar-refractivity contribution in [3.63, 3.8) is 0 Å². The van der Waals surface area contributed by atoms with Crippen molar-refractivity contribution in [3.05, 3.63) is 50.2 Å². The summed E-state index contributed by atoms with van der Waals surface area (Å²) >= 11 is 11.4. The zero-order chi connectivity index (χ0) is 15.3. The van der Waals surface area contributed by atoms with Gasteiger partial charge in [0.05, 0.1) is 17.9 Å². The Hall–Kier alpha value is -0.620. The van der Waals surface area contributed by atoms with Gasteiger partial charge in [0.15, 0.2) is 5.16 Å². The number of hydrogen-bond acceptors (Lipinski definition) is 4. The highest BCUT2D eigenvalue weighted by molar-refractivity contribution is 9.10. The van der Waals surface area contributed by atoms with Crippen LogP contribution in [0.3, 0.4) is 0 Å². The summed E-state index contributed by atoms with van der Waals surface area (Å²) < 4.78 is 7.39. The van der Waals surface area contributed by atoms with Gasteiger partial charge in [0.2, 0.25) is 0 Å². The van der Waals surface area contributed by atoms with Gasteiger partial charge in [-0.05, 0) is 42.4 Å². The highest BCUT2D eigenvalue weighted by Crippen LogP contribution is 2.47. The van der Waals surface area contributed by atoms with Gasteiger partial charge in [-0.3, -0.25) is 0 Å². The van der Waals surface area contributed by atoms with Crippen molar-refractivity contribution in [2.45, 2.75) is 36.6 Å². The molecule has 4 rings (SSSR count). The summed E-state index contributed by atoms with van der Waals surface area (Å²) in [5, 5.41) is 1.25. The van der Waals surface area contributed by atoms with Crippen LogP contribution >= 0.6 is 39.3 Å². The van der Waals surface area contributed by atoms with Crippen LogP contribution in [0.15, 0.2) is 27.8 Å². The van der Waals surface area contributed by atoms with Gasteiger partial charge in [0.1, 0.15) is 5.15 Å². The van der Waals surface area contributed by atoms with E-state index in [1.165, 1.54) is 22.9 Å². The molecule has 1 aromatic heterocycles. The van der Waals surface area contributed by atoms with Crippen LogP contribution in [0.25, 0.3) is 0 Å². The van der Waals surface area contributed by atoms with E-state index in [1.807, 2.05) is 6.26 Å². The molecule has 114 valence electrons. The SMILES string of the molecule is CSc1nc(Cl)c2c(n1)CC1(CCc3ccc(Br)cc31)OC2. The summed E-state index contributed by atoms with van der Waals surface area (Å²) in [6.07, 6.45) is 4.78. The first-order valence-electron chi connectivity index (χ1n) is 7.13. The van der Waals surface area contributed by atoms with E-state index in [0.717, 1.165) is 40.1 Å². The maximum Gasteiger partial charge on any atom is 0.188 e. The van der Waals surface area contributed by atoms with E-state index in [4.69, 9.17) is 16.3 Å². The molecule has 1 unspecified atom stereocenters. The monoisotopic (exact) mass is 396 g/mol. The minimum atomic E-state index is -0.264. The summed E-state index contributed by atoms with van der Waals surface area (Å²) in [7, 11) is 0. The van der Waals surface area contributed by atoms with Gasteiger partial charge in [0.25, 0.3) is 0 Å². The van der Waals surface area contributed by atoms with E-state index in [9.17, 15) is 0 Å². The Morgan fingerprint density at radius 1 is 1.36 bits per heavy atom. The quantitative estimate of drug-likeness (QED) is 0.402. The van der Waals surface area contributed by atoms with Crippen LogP contribution in [-0.4, -0.2) is 16.2 Å². The van der Waals surface area contributed by atoms with Gasteiger partial charge in [0, 0.05) is 16.5 Å². The first kappa shape index (κ1) is 14.9. The summed E-state index contributed by atoms with van der Waals surface area (Å²) in [4.78, 5) is 8.99. The Bertz CT molecular complexity index is 770. The molecule has 1 aliphatic carbocycles. The number of hydrogen-bond donors (Lipinski definition) is 0. The van der Waals surface area contributed by atoms with E-state index >= 15 is 0 Å². The van der Waals surface area contributed by atoms with Crippen molar-refractivity contribution in [2.24, 2.45) is 0 Å². The number of ether oxygens (including phenoxy) is 1. The summed E-state index contributed by atoms with van der Waals surface area (Å²) in [6.45, 7) is 0.481. The Morgan fingerprint density at radius 3 is 3.05 bits per heavy atom. The van der Waals surface area contributed by atoms with Crippen molar-refractivity contribution in [3.8, 4) is 0 Å². The van der Waals surface area contributed by atoms with Crippen LogP contribution in [-0.2, 0) is 29.8 Å². The van der Waals surface area contributed by atoms with Crippen LogP contribution in [0.5, 0.6) is 0 Å². The third-order valence-corrected chi connectivity index (χ3v) is 5.86. The second-order valence-electron chi connectivity index (χ2n) is 5.69. The molecule has 0 N–H and O–H groups in total. The maximum atomic E-state index is 6.30. The first-order valence-corrected chi connectivity index (χ1v) is 9.53. The zero-order valence-electron chi connectivity index (χ0n) is 12.0. The van der Waals surface area contributed by atoms with Gasteiger partial charge < -0.3 is 4.74 Å². The van der Waals surface area contributed by atoms with Crippen LogP contribution in [0, 0.1) is 0 Å². The number of halogens is 2. The van der Waals surface area contributed by atoms with Crippen molar-refractivity contribution >= 4 is 39.3 Å². The van der Waals surface area contributed by atoms with Gasteiger partial charge >= 0.3 is 0 Å². The maximum absolute atomic E-state index is 6.30. The molecule has 1 spiro atoms. The molecule has 1 aromatic carbocycles. The lowest BCUT2D eigenvalue weighted by molar-refractivity contribution is -0.0732. The molecule has 0 amide bonds. The molecular formula is C16H14BrClN2OS. The van der Waals surface area contributed by atoms with Crippen molar-refractivity contribution in [1.82, 2.24) is 9.97 Å². The minimum absolute atomic E-state index is 0.264. The fourth-order valence-corrected chi connectivity index (χ4v) is 4.43. The summed E-state index contributed by atoms with van der Waals surface area (Å²) in [5.74, 6) is 0. The second kappa shape index (κ2) is 5.48. The molecule has 6 heteroatoms. The van der Waals surface area contributed by atoms with Crippen molar-refractivity contribution in [2.75, 3.05) is 6.26 Å². The Kier molecular flexibility index (Phi) is 3.72. The van der Waals surface area contributed by atoms with Crippen LogP contribution in [0.4, 0.5) is 0 Å². The Labute approximate surface area is 147 Å². The summed E-state index contributed by atoms with van der Waals surface area (Å²) in [5.41, 5.74) is 4.36. The molecule has 2 aliphatic rings. The van der Waals surface area contributed by atoms with Gasteiger partial charge in [-0.2, -0.15) is 0 Å². The lowest BCUT2D eigenvalue weighted by Crippen LogP contribution is -2.34. The van der Waals surface area contributed by atoms with Crippen LogP contribution in [0.2, 0.25) is 5.15 Å². The molecule has 0 bridgehead atoms. The summed E-state index contributed by atoms with van der Waals surface area (Å²) in [6, 6.07) is 6.47. The van der Waals surface area contributed by atoms with Crippen LogP contribution in [0.1, 0.15) is 28.8 Å². The van der Waals surface area contributed by atoms with Gasteiger partial charge in [-0.1, -0.05) is 45.4 Å². The zero-order valence-corrected chi connectivity index (χ0v) is 15.2. The third-order valence-electron chi connectivity index (χ3n) is 4.51. The lowest BCUT2D eigenvalue weighted by atomic mass is 9.87. The average Bonchev–Trinajstić information content (AvgIpc) is 2.85. The standard InChI is InChI=1S/C16H14BrClN2OS/c1-22-15-19-13-7-16(21-8-11(13)14(18)20-15)5-4-9-2-3-10(17)6-12(9)16/h2-3,6H,4-5,7-8H2,1H3. The number of aromatic nitrogens is 2. The second-order valence-corrected chi connectivity index (χ2v) is 7.73. The molecule has 3 nitrogen and oxygen atoms in total. The normalized spacial score (nSPS) is 22.7. The van der Waals surface area contributed by atoms with Crippen molar-refractivity contribution in [1.29, 1.82) is 0 Å². The predicted octanol–water partition coefficient (Wildman–Crippen LogP) is 4.53. The molecule has 2 heterocycles. The molecule has 2 aromatic rings. The van der Waals surface area contributed by atoms with Crippen molar-refractivity contribution < 1.29 is 4.74 Å². The number of thioether (sulfide) groups is 1. The number of rotatable bonds is 1. The smallest absolute Gasteiger partial charge is 0.188 e. The van der Waals surface area contributed by atoms with E-state index in [1.54, 1.807) is 0 Å².